The molecule has 0 aliphatic rings. The second kappa shape index (κ2) is 21.8. The number of rotatable bonds is 12. The maximum Gasteiger partial charge on any atom is 0.194 e. The number of nitriles is 1. The second-order valence-electron chi connectivity index (χ2n) is 19.2. The lowest BCUT2D eigenvalue weighted by atomic mass is 9.92. The Morgan fingerprint density at radius 1 is 0.324 bits per heavy atom. The molecule has 0 saturated heterocycles. The molecule has 10 rings (SSSR count). The standard InChI is InChI=1S/C72H54N2/c1-49-6-24-57(25-7-49)65-42-66(58-26-8-50(2)9-27-58)45-69(44-65)61-32-34-63(35-33-61)71(48-73)40-55-20-16-53(17-21-55)14-15-54-18-22-56(23-19-54)41-72(74-5)64-38-36-62(37-39-64)70-46-67(59-28-10-51(3)11-29-59)43-68(47-70)60-30-12-52(4)13-31-60/h6-47H,1-4H3/b15-14+,71-40+,72-41-. The van der Waals surface area contributed by atoms with E-state index in [9.17, 15) is 5.26 Å². The van der Waals surface area contributed by atoms with Crippen LogP contribution in [0.1, 0.15) is 55.6 Å². The van der Waals surface area contributed by atoms with Crippen LogP contribution < -0.4 is 0 Å². The molecule has 0 heterocycles. The van der Waals surface area contributed by atoms with Crippen LogP contribution in [0, 0.1) is 45.6 Å². The molecule has 0 spiro atoms. The Morgan fingerprint density at radius 2 is 0.581 bits per heavy atom. The van der Waals surface area contributed by atoms with Gasteiger partial charge in [0.15, 0.2) is 5.70 Å². The summed E-state index contributed by atoms with van der Waals surface area (Å²) < 4.78 is 0. The van der Waals surface area contributed by atoms with Crippen LogP contribution in [0.25, 0.3) is 107 Å². The molecule has 10 aromatic rings. The first-order valence-electron chi connectivity index (χ1n) is 25.0. The topological polar surface area (TPSA) is 28.1 Å². The summed E-state index contributed by atoms with van der Waals surface area (Å²) in [4.78, 5) is 3.94. The van der Waals surface area contributed by atoms with Gasteiger partial charge in [0.05, 0.1) is 18.2 Å². The highest BCUT2D eigenvalue weighted by atomic mass is 14.7. The van der Waals surface area contributed by atoms with Gasteiger partial charge in [0.1, 0.15) is 0 Å². The third-order valence-electron chi connectivity index (χ3n) is 13.6. The van der Waals surface area contributed by atoms with Crippen molar-refractivity contribution >= 4 is 35.6 Å². The fourth-order valence-corrected chi connectivity index (χ4v) is 9.20. The van der Waals surface area contributed by atoms with Gasteiger partial charge in [0.25, 0.3) is 0 Å². The van der Waals surface area contributed by atoms with E-state index < -0.39 is 0 Å². The molecular weight excluding hydrogens is 893 g/mol. The fourth-order valence-electron chi connectivity index (χ4n) is 9.20. The van der Waals surface area contributed by atoms with Gasteiger partial charge in [0.2, 0.25) is 0 Å². The minimum atomic E-state index is 0.590. The van der Waals surface area contributed by atoms with Gasteiger partial charge in [-0.1, -0.05) is 229 Å². The molecule has 2 nitrogen and oxygen atoms in total. The molecule has 0 amide bonds. The predicted octanol–water partition coefficient (Wildman–Crippen LogP) is 19.6. The lowest BCUT2D eigenvalue weighted by Crippen LogP contribution is -1.88. The van der Waals surface area contributed by atoms with Crippen molar-refractivity contribution in [3.05, 3.63) is 298 Å². The second-order valence-corrected chi connectivity index (χ2v) is 19.2. The van der Waals surface area contributed by atoms with E-state index in [1.165, 1.54) is 66.8 Å². The molecule has 0 atom stereocenters. The van der Waals surface area contributed by atoms with Crippen molar-refractivity contribution in [2.24, 2.45) is 0 Å². The summed E-state index contributed by atoms with van der Waals surface area (Å²) in [7, 11) is 0. The summed E-state index contributed by atoms with van der Waals surface area (Å²) in [6, 6.07) is 83.9. The predicted molar refractivity (Wildman–Crippen MR) is 314 cm³/mol. The van der Waals surface area contributed by atoms with Gasteiger partial charge in [0, 0.05) is 0 Å². The van der Waals surface area contributed by atoms with Crippen molar-refractivity contribution in [3.63, 3.8) is 0 Å². The third kappa shape index (κ3) is 11.4. The van der Waals surface area contributed by atoms with Gasteiger partial charge in [-0.2, -0.15) is 5.26 Å². The van der Waals surface area contributed by atoms with E-state index >= 15 is 0 Å². The summed E-state index contributed by atoms with van der Waals surface area (Å²) in [5.41, 5.74) is 25.8. The smallest absolute Gasteiger partial charge is 0.194 e. The summed E-state index contributed by atoms with van der Waals surface area (Å²) >= 11 is 0. The lowest BCUT2D eigenvalue weighted by molar-refractivity contribution is 1.46. The van der Waals surface area contributed by atoms with Crippen molar-refractivity contribution < 1.29 is 0 Å². The fraction of sp³-hybridized carbons (Fsp3) is 0.0556. The van der Waals surface area contributed by atoms with E-state index in [0.717, 1.165) is 55.6 Å². The molecule has 0 N–H and O–H groups in total. The summed E-state index contributed by atoms with van der Waals surface area (Å²) in [5.74, 6) is 0. The van der Waals surface area contributed by atoms with E-state index in [1.54, 1.807) is 0 Å². The number of hydrogen-bond donors (Lipinski definition) is 0. The summed E-state index contributed by atoms with van der Waals surface area (Å²) in [6.45, 7) is 16.5. The van der Waals surface area contributed by atoms with Crippen molar-refractivity contribution in [3.8, 4) is 72.8 Å². The quantitative estimate of drug-likeness (QED) is 0.0681. The molecule has 0 saturated carbocycles. The molecule has 0 aromatic heterocycles. The number of hydrogen-bond acceptors (Lipinski definition) is 1. The zero-order chi connectivity index (χ0) is 51.0. The molecular formula is C72H54N2. The Kier molecular flexibility index (Phi) is 14.2. The molecule has 352 valence electrons. The van der Waals surface area contributed by atoms with E-state index in [0.29, 0.717) is 11.3 Å². The molecule has 10 aromatic carbocycles. The summed E-state index contributed by atoms with van der Waals surface area (Å²) in [6.07, 6.45) is 8.08. The van der Waals surface area contributed by atoms with E-state index in [1.807, 2.05) is 36.4 Å². The number of aryl methyl sites for hydroxylation is 4. The van der Waals surface area contributed by atoms with Gasteiger partial charge in [-0.05, 0) is 176 Å². The van der Waals surface area contributed by atoms with Crippen LogP contribution in [0.5, 0.6) is 0 Å². The number of nitrogens with zero attached hydrogens (tertiary/aromatic N) is 2. The van der Waals surface area contributed by atoms with Crippen LogP contribution in [0.15, 0.2) is 231 Å². The Labute approximate surface area is 436 Å². The van der Waals surface area contributed by atoms with Gasteiger partial charge in [-0.3, -0.25) is 0 Å². The Balaban J connectivity index is 0.808. The summed E-state index contributed by atoms with van der Waals surface area (Å²) in [5, 5.41) is 10.3. The van der Waals surface area contributed by atoms with Crippen LogP contribution in [-0.4, -0.2) is 0 Å². The van der Waals surface area contributed by atoms with Crippen molar-refractivity contribution in [2.75, 3.05) is 0 Å². The van der Waals surface area contributed by atoms with Gasteiger partial charge >= 0.3 is 0 Å². The first kappa shape index (κ1) is 48.0. The zero-order valence-corrected chi connectivity index (χ0v) is 42.1. The monoisotopic (exact) mass is 946 g/mol. The minimum Gasteiger partial charge on any atom is -0.238 e. The van der Waals surface area contributed by atoms with E-state index in [-0.39, 0.29) is 0 Å². The molecule has 0 aliphatic heterocycles. The molecule has 2 heteroatoms. The Hall–Kier alpha value is -9.60. The van der Waals surface area contributed by atoms with E-state index in [4.69, 9.17) is 6.57 Å². The number of benzene rings is 10. The highest BCUT2D eigenvalue weighted by molar-refractivity contribution is 5.91. The molecule has 0 unspecified atom stereocenters. The van der Waals surface area contributed by atoms with Crippen molar-refractivity contribution in [1.29, 1.82) is 5.26 Å². The maximum absolute atomic E-state index is 10.3. The van der Waals surface area contributed by atoms with Gasteiger partial charge in [-0.15, -0.1) is 0 Å². The average molecular weight is 947 g/mol. The zero-order valence-electron chi connectivity index (χ0n) is 42.1. The Bertz CT molecular complexity index is 3400. The molecule has 0 radical (unpaired) electrons. The highest BCUT2D eigenvalue weighted by Gasteiger charge is 2.12. The van der Waals surface area contributed by atoms with Gasteiger partial charge in [-0.25, -0.2) is 4.85 Å². The molecule has 0 bridgehead atoms. The van der Waals surface area contributed by atoms with Crippen LogP contribution >= 0.6 is 0 Å². The minimum absolute atomic E-state index is 0.590. The van der Waals surface area contributed by atoms with E-state index in [2.05, 4.69) is 257 Å². The third-order valence-corrected chi connectivity index (χ3v) is 13.6. The highest BCUT2D eigenvalue weighted by Crippen LogP contribution is 2.36. The van der Waals surface area contributed by atoms with Crippen LogP contribution in [0.3, 0.4) is 0 Å². The first-order valence-corrected chi connectivity index (χ1v) is 25.0. The lowest BCUT2D eigenvalue weighted by Gasteiger charge is -2.12. The molecule has 0 fully saturated rings. The van der Waals surface area contributed by atoms with Gasteiger partial charge < -0.3 is 0 Å². The van der Waals surface area contributed by atoms with Crippen LogP contribution in [0.2, 0.25) is 0 Å². The Morgan fingerprint density at radius 3 is 0.865 bits per heavy atom. The van der Waals surface area contributed by atoms with Crippen LogP contribution in [-0.2, 0) is 0 Å². The largest absolute Gasteiger partial charge is 0.238 e. The first-order chi connectivity index (χ1) is 36.1. The molecule has 74 heavy (non-hydrogen) atoms. The van der Waals surface area contributed by atoms with Crippen LogP contribution in [0.4, 0.5) is 0 Å². The average Bonchev–Trinajstić information content (AvgIpc) is 3.44. The number of allylic oxidation sites excluding steroid dienone is 1. The SMILES string of the molecule is [C-]#[N+]/C(=C\c1ccc(/C=C/c2ccc(/C=C(\C#N)c3ccc(-c4cc(-c5ccc(C)cc5)cc(-c5ccc(C)cc5)c4)cc3)cc2)cc1)c1ccc(-c2cc(-c3ccc(C)cc3)cc(-c3ccc(C)cc3)c2)cc1. The molecule has 0 aliphatic carbocycles. The maximum atomic E-state index is 10.3. The van der Waals surface area contributed by atoms with Crippen molar-refractivity contribution in [2.45, 2.75) is 27.7 Å². The van der Waals surface area contributed by atoms with Crippen molar-refractivity contribution in [1.82, 2.24) is 0 Å². The normalized spacial score (nSPS) is 11.6.